The van der Waals surface area contributed by atoms with E-state index in [-0.39, 0.29) is 4.90 Å². The minimum Gasteiger partial charge on any atom is -0.397 e. The molecule has 0 bridgehead atoms. The fraction of sp³-hybridized carbons (Fsp3) is 0.400. The molecule has 1 aliphatic heterocycles. The van der Waals surface area contributed by atoms with Crippen molar-refractivity contribution in [3.8, 4) is 0 Å². The van der Waals surface area contributed by atoms with Crippen LogP contribution in [0.3, 0.4) is 0 Å². The first-order chi connectivity index (χ1) is 7.98. The Morgan fingerprint density at radius 1 is 1.29 bits per heavy atom. The normalized spacial score (nSPS) is 17.1. The molecule has 0 amide bonds. The van der Waals surface area contributed by atoms with Crippen molar-refractivity contribution in [2.24, 2.45) is 5.14 Å². The Hall–Kier alpha value is -1.31. The first-order valence-corrected chi connectivity index (χ1v) is 6.86. The number of sulfonamides is 1. The van der Waals surface area contributed by atoms with Gasteiger partial charge in [0.1, 0.15) is 0 Å². The third-order valence-electron chi connectivity index (χ3n) is 2.60. The second-order valence-electron chi connectivity index (χ2n) is 3.91. The molecular weight excluding hydrogens is 242 g/mol. The van der Waals surface area contributed by atoms with Crippen LogP contribution in [-0.4, -0.2) is 21.6 Å². The number of rotatable bonds is 2. The lowest BCUT2D eigenvalue weighted by molar-refractivity contribution is 0.0780. The molecule has 94 valence electrons. The Balaban J connectivity index is 2.38. The molecule has 0 aliphatic carbocycles. The maximum absolute atomic E-state index is 11.3. The first-order valence-electron chi connectivity index (χ1n) is 5.31. The van der Waals surface area contributed by atoms with Crippen LogP contribution >= 0.6 is 0 Å². The largest absolute Gasteiger partial charge is 0.397 e. The molecular formula is C10H15N3O3S. The molecule has 0 unspecified atom stereocenters. The quantitative estimate of drug-likeness (QED) is 0.749. The number of hydrogen-bond acceptors (Lipinski definition) is 5. The number of hydroxylamine groups is 1. The van der Waals surface area contributed by atoms with E-state index >= 15 is 0 Å². The van der Waals surface area contributed by atoms with Gasteiger partial charge in [0.2, 0.25) is 10.0 Å². The summed E-state index contributed by atoms with van der Waals surface area (Å²) in [5, 5.41) is 6.70. The third-order valence-corrected chi connectivity index (χ3v) is 3.51. The predicted molar refractivity (Wildman–Crippen MR) is 64.8 cm³/mol. The summed E-state index contributed by atoms with van der Waals surface area (Å²) >= 11 is 0. The van der Waals surface area contributed by atoms with E-state index < -0.39 is 10.0 Å². The van der Waals surface area contributed by atoms with Gasteiger partial charge in [-0.3, -0.25) is 9.90 Å². The number of benzene rings is 1. The molecule has 1 aromatic carbocycles. The lowest BCUT2D eigenvalue weighted by atomic mass is 10.2. The standard InChI is InChI=1S/C10H15N3O3S/c11-9-4-3-8(17(12,14)15)7-10(9)13-5-1-2-6-16-13/h3-4,7H,1-2,5-6,11H2,(H2,12,14,15). The maximum Gasteiger partial charge on any atom is 0.238 e. The average Bonchev–Trinajstić information content (AvgIpc) is 2.29. The minimum absolute atomic E-state index is 0.0378. The van der Waals surface area contributed by atoms with E-state index in [2.05, 4.69) is 0 Å². The minimum atomic E-state index is -3.72. The summed E-state index contributed by atoms with van der Waals surface area (Å²) < 4.78 is 22.5. The molecule has 0 aromatic heterocycles. The number of nitrogens with two attached hydrogens (primary N) is 2. The van der Waals surface area contributed by atoms with Crippen LogP contribution in [0.4, 0.5) is 11.4 Å². The van der Waals surface area contributed by atoms with Crippen molar-refractivity contribution < 1.29 is 13.3 Å². The predicted octanol–water partition coefficient (Wildman–Crippen LogP) is 0.448. The third kappa shape index (κ3) is 2.68. The SMILES string of the molecule is Nc1ccc(S(N)(=O)=O)cc1N1CCCCO1. The summed E-state index contributed by atoms with van der Waals surface area (Å²) in [6.07, 6.45) is 1.98. The van der Waals surface area contributed by atoms with E-state index in [0.717, 1.165) is 12.8 Å². The zero-order chi connectivity index (χ0) is 12.5. The van der Waals surface area contributed by atoms with Gasteiger partial charge in [-0.15, -0.1) is 0 Å². The summed E-state index contributed by atoms with van der Waals surface area (Å²) in [7, 11) is -3.72. The highest BCUT2D eigenvalue weighted by Gasteiger charge is 2.17. The van der Waals surface area contributed by atoms with Gasteiger partial charge in [0.25, 0.3) is 0 Å². The van der Waals surface area contributed by atoms with Crippen molar-refractivity contribution in [2.45, 2.75) is 17.7 Å². The second kappa shape index (κ2) is 4.52. The molecule has 6 nitrogen and oxygen atoms in total. The number of hydrogen-bond donors (Lipinski definition) is 2. The van der Waals surface area contributed by atoms with E-state index in [1.54, 1.807) is 5.06 Å². The molecule has 0 atom stereocenters. The fourth-order valence-electron chi connectivity index (χ4n) is 1.70. The van der Waals surface area contributed by atoms with Crippen LogP contribution in [0.5, 0.6) is 0 Å². The van der Waals surface area contributed by atoms with E-state index in [1.165, 1.54) is 18.2 Å². The summed E-state index contributed by atoms with van der Waals surface area (Å²) in [6.45, 7) is 1.30. The molecule has 1 heterocycles. The number of nitrogen functional groups attached to an aromatic ring is 1. The molecule has 0 radical (unpaired) electrons. The Labute approximate surface area is 100 Å². The van der Waals surface area contributed by atoms with Crippen molar-refractivity contribution >= 4 is 21.4 Å². The van der Waals surface area contributed by atoms with Gasteiger partial charge >= 0.3 is 0 Å². The van der Waals surface area contributed by atoms with Crippen LogP contribution in [-0.2, 0) is 14.9 Å². The van der Waals surface area contributed by atoms with Gasteiger partial charge in [-0.2, -0.15) is 0 Å². The summed E-state index contributed by atoms with van der Waals surface area (Å²) in [4.78, 5) is 5.47. The molecule has 1 aliphatic rings. The van der Waals surface area contributed by atoms with E-state index in [0.29, 0.717) is 24.5 Å². The topological polar surface area (TPSA) is 98.7 Å². The summed E-state index contributed by atoms with van der Waals surface area (Å²) in [5.74, 6) is 0. The second-order valence-corrected chi connectivity index (χ2v) is 5.47. The Bertz CT molecular complexity index is 510. The number of anilines is 2. The fourth-order valence-corrected chi connectivity index (χ4v) is 2.24. The van der Waals surface area contributed by atoms with Gasteiger partial charge in [-0.1, -0.05) is 0 Å². The molecule has 1 fully saturated rings. The molecule has 4 N–H and O–H groups in total. The summed E-state index contributed by atoms with van der Waals surface area (Å²) in [6, 6.07) is 4.35. The van der Waals surface area contributed by atoms with Crippen LogP contribution in [0.1, 0.15) is 12.8 Å². The van der Waals surface area contributed by atoms with Crippen LogP contribution < -0.4 is 15.9 Å². The van der Waals surface area contributed by atoms with Crippen molar-refractivity contribution in [2.75, 3.05) is 23.9 Å². The van der Waals surface area contributed by atoms with Crippen molar-refractivity contribution in [3.05, 3.63) is 18.2 Å². The van der Waals surface area contributed by atoms with E-state index in [4.69, 9.17) is 15.7 Å². The average molecular weight is 257 g/mol. The Morgan fingerprint density at radius 2 is 2.06 bits per heavy atom. The lowest BCUT2D eigenvalue weighted by Gasteiger charge is -2.29. The van der Waals surface area contributed by atoms with Gasteiger partial charge in [0, 0.05) is 6.54 Å². The van der Waals surface area contributed by atoms with Gasteiger partial charge in [-0.25, -0.2) is 13.6 Å². The van der Waals surface area contributed by atoms with Crippen LogP contribution in [0, 0.1) is 0 Å². The van der Waals surface area contributed by atoms with Crippen LogP contribution in [0.2, 0.25) is 0 Å². The van der Waals surface area contributed by atoms with Crippen molar-refractivity contribution in [1.82, 2.24) is 0 Å². The Morgan fingerprint density at radius 3 is 2.65 bits per heavy atom. The zero-order valence-electron chi connectivity index (χ0n) is 9.30. The number of nitrogens with zero attached hydrogens (tertiary/aromatic N) is 1. The van der Waals surface area contributed by atoms with Gasteiger partial charge < -0.3 is 5.73 Å². The zero-order valence-corrected chi connectivity index (χ0v) is 10.1. The van der Waals surface area contributed by atoms with Gasteiger partial charge in [-0.05, 0) is 31.0 Å². The highest BCUT2D eigenvalue weighted by molar-refractivity contribution is 7.89. The monoisotopic (exact) mass is 257 g/mol. The van der Waals surface area contributed by atoms with E-state index in [9.17, 15) is 8.42 Å². The molecule has 0 saturated carbocycles. The maximum atomic E-state index is 11.3. The van der Waals surface area contributed by atoms with Crippen LogP contribution in [0.15, 0.2) is 23.1 Å². The smallest absolute Gasteiger partial charge is 0.238 e. The number of primary sulfonamides is 1. The van der Waals surface area contributed by atoms with Crippen molar-refractivity contribution in [1.29, 1.82) is 0 Å². The van der Waals surface area contributed by atoms with Gasteiger partial charge in [0.05, 0.1) is 22.9 Å². The Kier molecular flexibility index (Phi) is 3.23. The van der Waals surface area contributed by atoms with Crippen LogP contribution in [0.25, 0.3) is 0 Å². The highest BCUT2D eigenvalue weighted by atomic mass is 32.2. The molecule has 1 saturated heterocycles. The van der Waals surface area contributed by atoms with Crippen molar-refractivity contribution in [3.63, 3.8) is 0 Å². The molecule has 1 aromatic rings. The summed E-state index contributed by atoms with van der Waals surface area (Å²) in [5.41, 5.74) is 6.83. The molecule has 0 spiro atoms. The lowest BCUT2D eigenvalue weighted by Crippen LogP contribution is -2.30. The van der Waals surface area contributed by atoms with E-state index in [1.807, 2.05) is 0 Å². The van der Waals surface area contributed by atoms with Gasteiger partial charge in [0.15, 0.2) is 0 Å². The molecule has 2 rings (SSSR count). The molecule has 7 heteroatoms. The first kappa shape index (κ1) is 12.2. The molecule has 17 heavy (non-hydrogen) atoms. The highest BCUT2D eigenvalue weighted by Crippen LogP contribution is 2.28.